The molecule has 0 N–H and O–H groups in total. The van der Waals surface area contributed by atoms with E-state index in [0.29, 0.717) is 11.4 Å². The van der Waals surface area contributed by atoms with Crippen molar-refractivity contribution >= 4 is 44.9 Å². The Morgan fingerprint density at radius 3 is 1.39 bits per heavy atom. The van der Waals surface area contributed by atoms with Crippen molar-refractivity contribution in [1.82, 2.24) is 9.97 Å². The second-order valence-electron chi connectivity index (χ2n) is 13.8. The van der Waals surface area contributed by atoms with Gasteiger partial charge in [0.1, 0.15) is 0 Å². The summed E-state index contributed by atoms with van der Waals surface area (Å²) >= 11 is 0. The van der Waals surface area contributed by atoms with Gasteiger partial charge >= 0.3 is 0 Å². The Morgan fingerprint density at radius 2 is 0.875 bits per heavy atom. The molecule has 0 unspecified atom stereocenters. The van der Waals surface area contributed by atoms with E-state index < -0.39 is 0 Å². The molecule has 0 amide bonds. The number of aromatic nitrogens is 2. The molecule has 1 aliphatic rings. The van der Waals surface area contributed by atoms with Crippen LogP contribution in [0.5, 0.6) is 0 Å². The maximum Gasteiger partial charge on any atom is 0.160 e. The standard InChI is InChI=1S/C51H33N5/c52-34-35-16-13-19-37(30-35)51-53-49(48-45-28-14-17-36-18-15-29-46(47(36)45)50(48)54-51)38-31-43(55(39-20-5-1-6-21-39)40-22-7-2-8-23-40)33-44(32-38)56(41-24-9-3-10-25-41)42-26-11-4-12-27-42/h1-33H. The number of fused-ring (bicyclic) bond motifs is 3. The Kier molecular flexibility index (Phi) is 8.13. The molecule has 0 radical (unpaired) electrons. The van der Waals surface area contributed by atoms with Crippen LogP contribution >= 0.6 is 0 Å². The van der Waals surface area contributed by atoms with E-state index >= 15 is 0 Å². The molecule has 56 heavy (non-hydrogen) atoms. The summed E-state index contributed by atoms with van der Waals surface area (Å²) < 4.78 is 0. The summed E-state index contributed by atoms with van der Waals surface area (Å²) in [5, 5.41) is 12.2. The van der Waals surface area contributed by atoms with Crippen LogP contribution in [0.15, 0.2) is 200 Å². The fraction of sp³-hybridized carbons (Fsp3) is 0. The van der Waals surface area contributed by atoms with E-state index in [0.717, 1.165) is 78.7 Å². The predicted molar refractivity (Wildman–Crippen MR) is 229 cm³/mol. The Bertz CT molecular complexity index is 2740. The zero-order chi connectivity index (χ0) is 37.4. The van der Waals surface area contributed by atoms with E-state index in [-0.39, 0.29) is 0 Å². The normalized spacial score (nSPS) is 11.2. The van der Waals surface area contributed by atoms with Gasteiger partial charge in [-0.2, -0.15) is 5.26 Å². The molecule has 0 spiro atoms. The van der Waals surface area contributed by atoms with Gasteiger partial charge in [0.15, 0.2) is 5.82 Å². The van der Waals surface area contributed by atoms with E-state index in [9.17, 15) is 5.26 Å². The zero-order valence-corrected chi connectivity index (χ0v) is 30.3. The van der Waals surface area contributed by atoms with Crippen molar-refractivity contribution in [2.75, 3.05) is 9.80 Å². The second kappa shape index (κ2) is 13.9. The van der Waals surface area contributed by atoms with E-state index in [2.05, 4.69) is 168 Å². The number of nitrogens with zero attached hydrogens (tertiary/aromatic N) is 5. The molecule has 5 heteroatoms. The average molecular weight is 716 g/mol. The number of benzene rings is 8. The van der Waals surface area contributed by atoms with E-state index in [1.54, 1.807) is 0 Å². The van der Waals surface area contributed by atoms with Gasteiger partial charge in [-0.1, -0.05) is 121 Å². The van der Waals surface area contributed by atoms with Crippen LogP contribution < -0.4 is 9.80 Å². The first kappa shape index (κ1) is 32.8. The molecule has 5 nitrogen and oxygen atoms in total. The lowest BCUT2D eigenvalue weighted by Crippen LogP contribution is -2.13. The SMILES string of the molecule is N#Cc1cccc(-c2nc(-c3cc(N(c4ccccc4)c4ccccc4)cc(N(c4ccccc4)c4ccccc4)c3)c3c(n2)-c2cccc4cccc-3c24)c1. The summed E-state index contributed by atoms with van der Waals surface area (Å²) in [7, 11) is 0. The van der Waals surface area contributed by atoms with Gasteiger partial charge in [-0.25, -0.2) is 9.97 Å². The van der Waals surface area contributed by atoms with E-state index in [4.69, 9.17) is 9.97 Å². The third-order valence-electron chi connectivity index (χ3n) is 10.3. The highest BCUT2D eigenvalue weighted by atomic mass is 15.2. The molecule has 8 aromatic carbocycles. The van der Waals surface area contributed by atoms with Crippen molar-refractivity contribution in [3.8, 4) is 51.1 Å². The lowest BCUT2D eigenvalue weighted by atomic mass is 9.97. The van der Waals surface area contributed by atoms with Gasteiger partial charge in [0, 0.05) is 56.4 Å². The quantitative estimate of drug-likeness (QED) is 0.157. The average Bonchev–Trinajstić information content (AvgIpc) is 3.60. The monoisotopic (exact) mass is 715 g/mol. The second-order valence-corrected chi connectivity index (χ2v) is 13.8. The maximum absolute atomic E-state index is 9.86. The third-order valence-corrected chi connectivity index (χ3v) is 10.3. The minimum atomic E-state index is 0.561. The number of para-hydroxylation sites is 4. The van der Waals surface area contributed by atoms with Crippen LogP contribution in [0.4, 0.5) is 34.1 Å². The highest BCUT2D eigenvalue weighted by Crippen LogP contribution is 2.52. The van der Waals surface area contributed by atoms with Crippen LogP contribution in [0.3, 0.4) is 0 Å². The number of hydrogen-bond donors (Lipinski definition) is 0. The number of nitriles is 1. The first-order valence-electron chi connectivity index (χ1n) is 18.6. The molecule has 262 valence electrons. The summed E-state index contributed by atoms with van der Waals surface area (Å²) in [5.41, 5.74) is 13.3. The maximum atomic E-state index is 9.86. The van der Waals surface area contributed by atoms with Crippen LogP contribution in [0.1, 0.15) is 5.56 Å². The highest BCUT2D eigenvalue weighted by Gasteiger charge is 2.29. The van der Waals surface area contributed by atoms with Crippen molar-refractivity contribution in [2.45, 2.75) is 0 Å². The molecule has 0 saturated heterocycles. The van der Waals surface area contributed by atoms with Crippen LogP contribution in [-0.2, 0) is 0 Å². The molecule has 0 bridgehead atoms. The van der Waals surface area contributed by atoms with Crippen molar-refractivity contribution in [2.24, 2.45) is 0 Å². The van der Waals surface area contributed by atoms with Gasteiger partial charge < -0.3 is 9.80 Å². The van der Waals surface area contributed by atoms with Crippen molar-refractivity contribution < 1.29 is 0 Å². The smallest absolute Gasteiger partial charge is 0.160 e. The molecule has 1 aliphatic carbocycles. The Morgan fingerprint density at radius 1 is 0.393 bits per heavy atom. The molecule has 0 atom stereocenters. The van der Waals surface area contributed by atoms with Gasteiger partial charge in [0.05, 0.1) is 23.0 Å². The molecule has 1 heterocycles. The number of anilines is 6. The summed E-state index contributed by atoms with van der Waals surface area (Å²) in [6.07, 6.45) is 0. The van der Waals surface area contributed by atoms with E-state index in [1.165, 1.54) is 5.39 Å². The Balaban J connectivity index is 1.31. The van der Waals surface area contributed by atoms with Crippen molar-refractivity contribution in [3.05, 3.63) is 206 Å². The fourth-order valence-corrected chi connectivity index (χ4v) is 7.92. The molecule has 1 aromatic heterocycles. The lowest BCUT2D eigenvalue weighted by molar-refractivity contribution is 1.19. The fourth-order valence-electron chi connectivity index (χ4n) is 7.92. The third kappa shape index (κ3) is 5.74. The van der Waals surface area contributed by atoms with Gasteiger partial charge in [0.25, 0.3) is 0 Å². The molecule has 0 fully saturated rings. The molecule has 9 aromatic rings. The largest absolute Gasteiger partial charge is 0.310 e. The Labute approximate surface area is 325 Å². The van der Waals surface area contributed by atoms with Gasteiger partial charge in [-0.05, 0) is 95.2 Å². The molecule has 10 rings (SSSR count). The van der Waals surface area contributed by atoms with Crippen molar-refractivity contribution in [1.29, 1.82) is 5.26 Å². The molecular weight excluding hydrogens is 683 g/mol. The minimum absolute atomic E-state index is 0.561. The van der Waals surface area contributed by atoms with Crippen LogP contribution in [0.2, 0.25) is 0 Å². The summed E-state index contributed by atoms with van der Waals surface area (Å²) in [6, 6.07) is 71.5. The first-order chi connectivity index (χ1) is 27.7. The Hall–Kier alpha value is -7.81. The van der Waals surface area contributed by atoms with Crippen LogP contribution in [0, 0.1) is 11.3 Å². The zero-order valence-electron chi connectivity index (χ0n) is 30.3. The predicted octanol–water partition coefficient (Wildman–Crippen LogP) is 13.4. The van der Waals surface area contributed by atoms with Crippen LogP contribution in [-0.4, -0.2) is 9.97 Å². The molecule has 0 aliphatic heterocycles. The molecular formula is C51H33N5. The number of hydrogen-bond acceptors (Lipinski definition) is 5. The topological polar surface area (TPSA) is 56.1 Å². The lowest BCUT2D eigenvalue weighted by Gasteiger charge is -2.30. The first-order valence-corrected chi connectivity index (χ1v) is 18.6. The number of rotatable bonds is 8. The molecule has 0 saturated carbocycles. The van der Waals surface area contributed by atoms with Gasteiger partial charge in [-0.15, -0.1) is 0 Å². The summed E-state index contributed by atoms with van der Waals surface area (Å²) in [5.74, 6) is 0.568. The van der Waals surface area contributed by atoms with Gasteiger partial charge in [0.2, 0.25) is 0 Å². The highest BCUT2D eigenvalue weighted by molar-refractivity contribution is 6.17. The van der Waals surface area contributed by atoms with Crippen molar-refractivity contribution in [3.63, 3.8) is 0 Å². The minimum Gasteiger partial charge on any atom is -0.310 e. The summed E-state index contributed by atoms with van der Waals surface area (Å²) in [4.78, 5) is 15.4. The van der Waals surface area contributed by atoms with E-state index in [1.807, 2.05) is 48.5 Å². The van der Waals surface area contributed by atoms with Crippen LogP contribution in [0.25, 0.3) is 55.8 Å². The summed E-state index contributed by atoms with van der Waals surface area (Å²) in [6.45, 7) is 0. The van der Waals surface area contributed by atoms with Gasteiger partial charge in [-0.3, -0.25) is 0 Å².